The minimum absolute atomic E-state index is 0. The van der Waals surface area contributed by atoms with Gasteiger partial charge in [0, 0.05) is 70.4 Å². The van der Waals surface area contributed by atoms with Crippen LogP contribution in [0.4, 0.5) is 0 Å². The third-order valence-electron chi connectivity index (χ3n) is 9.12. The van der Waals surface area contributed by atoms with Gasteiger partial charge in [-0.15, -0.1) is 0 Å². The summed E-state index contributed by atoms with van der Waals surface area (Å²) in [6.07, 6.45) is 13.9. The van der Waals surface area contributed by atoms with Gasteiger partial charge in [0.2, 0.25) is 0 Å². The SMILES string of the molecule is C[C]1[C][C](c2ccccc2-c2ccccc2[C]2[C][C](C)[C](C)[C]2)[C][C]1C.Oc1ccc2ccccc2c1-c1c(O)ccc2ccccc12.[Ti]. The van der Waals surface area contributed by atoms with Crippen molar-refractivity contribution >= 4 is 21.5 Å². The predicted octanol–water partition coefficient (Wildman–Crippen LogP) is 11.0. The van der Waals surface area contributed by atoms with Gasteiger partial charge in [-0.1, -0.05) is 137 Å². The van der Waals surface area contributed by atoms with Crippen LogP contribution in [0.15, 0.2) is 121 Å². The molecular formula is C46H34O2Ti. The Kier molecular flexibility index (Phi) is 10.7. The molecule has 6 aromatic rings. The average Bonchev–Trinajstić information content (AvgIpc) is 3.64. The Hall–Kier alpha value is -3.85. The van der Waals surface area contributed by atoms with Crippen molar-refractivity contribution in [3.63, 3.8) is 0 Å². The van der Waals surface area contributed by atoms with E-state index in [4.69, 9.17) is 0 Å². The maximum Gasteiger partial charge on any atom is 0.124 e. The number of phenols is 2. The first-order valence-corrected chi connectivity index (χ1v) is 16.1. The fraction of sp³-hybridized carbons (Fsp3) is 0.0870. The van der Waals surface area contributed by atoms with E-state index in [0.29, 0.717) is 11.1 Å². The molecular weight excluding hydrogens is 632 g/mol. The first-order chi connectivity index (χ1) is 23.3. The molecule has 2 aliphatic carbocycles. The predicted molar refractivity (Wildman–Crippen MR) is 195 cm³/mol. The molecule has 0 heterocycles. The molecule has 2 N–H and O–H groups in total. The molecule has 8 rings (SSSR count). The van der Waals surface area contributed by atoms with Crippen molar-refractivity contribution < 1.29 is 31.9 Å². The van der Waals surface area contributed by atoms with Crippen LogP contribution in [0.5, 0.6) is 11.5 Å². The Morgan fingerprint density at radius 1 is 0.367 bits per heavy atom. The van der Waals surface area contributed by atoms with Crippen molar-refractivity contribution in [1.29, 1.82) is 0 Å². The zero-order valence-electron chi connectivity index (χ0n) is 27.9. The van der Waals surface area contributed by atoms with E-state index >= 15 is 0 Å². The number of hydrogen-bond donors (Lipinski definition) is 2. The Morgan fingerprint density at radius 2 is 0.673 bits per heavy atom. The molecule has 0 saturated heterocycles. The van der Waals surface area contributed by atoms with Gasteiger partial charge in [-0.2, -0.15) is 0 Å². The topological polar surface area (TPSA) is 40.5 Å². The van der Waals surface area contributed by atoms with E-state index in [2.05, 4.69) is 102 Å². The number of fused-ring (bicyclic) bond motifs is 2. The molecule has 6 aromatic carbocycles. The van der Waals surface area contributed by atoms with Gasteiger partial charge in [0.05, 0.1) is 0 Å². The Bertz CT molecular complexity index is 1900. The van der Waals surface area contributed by atoms with Crippen molar-refractivity contribution in [3.8, 4) is 33.8 Å². The van der Waals surface area contributed by atoms with Crippen LogP contribution in [-0.4, -0.2) is 10.2 Å². The Morgan fingerprint density at radius 3 is 1.04 bits per heavy atom. The van der Waals surface area contributed by atoms with E-state index in [9.17, 15) is 10.2 Å². The van der Waals surface area contributed by atoms with Crippen LogP contribution in [0.3, 0.4) is 0 Å². The largest absolute Gasteiger partial charge is 0.507 e. The minimum atomic E-state index is 0. The van der Waals surface area contributed by atoms with Gasteiger partial charge in [0.15, 0.2) is 0 Å². The van der Waals surface area contributed by atoms with Crippen LogP contribution in [0.25, 0.3) is 43.8 Å². The monoisotopic (exact) mass is 666 g/mol. The summed E-state index contributed by atoms with van der Waals surface area (Å²) in [5, 5.41) is 24.8. The van der Waals surface area contributed by atoms with E-state index in [0.717, 1.165) is 68.2 Å². The van der Waals surface area contributed by atoms with E-state index in [-0.39, 0.29) is 33.2 Å². The number of rotatable bonds is 4. The molecule has 234 valence electrons. The molecule has 2 aliphatic rings. The van der Waals surface area contributed by atoms with Crippen molar-refractivity contribution in [2.24, 2.45) is 0 Å². The van der Waals surface area contributed by atoms with Gasteiger partial charge in [-0.25, -0.2) is 0 Å². The number of phenolic OH excluding ortho intramolecular Hbond substituents is 2. The van der Waals surface area contributed by atoms with Crippen molar-refractivity contribution in [2.75, 3.05) is 0 Å². The first kappa shape index (κ1) is 35.0. The molecule has 14 radical (unpaired) electrons. The van der Waals surface area contributed by atoms with Gasteiger partial charge in [0.25, 0.3) is 0 Å². The summed E-state index contributed by atoms with van der Waals surface area (Å²) in [6, 6.07) is 39.9. The zero-order chi connectivity index (χ0) is 33.4. The van der Waals surface area contributed by atoms with Crippen LogP contribution in [0, 0.1) is 61.2 Å². The molecule has 2 fully saturated rings. The quantitative estimate of drug-likeness (QED) is 0.184. The number of aromatic hydroxyl groups is 2. The van der Waals surface area contributed by atoms with Crippen LogP contribution in [0.2, 0.25) is 0 Å². The van der Waals surface area contributed by atoms with Crippen molar-refractivity contribution in [2.45, 2.75) is 27.7 Å². The molecule has 0 atom stereocenters. The minimum Gasteiger partial charge on any atom is -0.507 e. The normalized spacial score (nSPS) is 16.6. The summed E-state index contributed by atoms with van der Waals surface area (Å²) in [7, 11) is 0. The molecule has 0 unspecified atom stereocenters. The van der Waals surface area contributed by atoms with Gasteiger partial charge in [0.1, 0.15) is 11.5 Å². The second-order valence-electron chi connectivity index (χ2n) is 12.2. The summed E-state index contributed by atoms with van der Waals surface area (Å²) in [5.74, 6) is 7.05. The maximum atomic E-state index is 10.4. The second-order valence-corrected chi connectivity index (χ2v) is 12.2. The van der Waals surface area contributed by atoms with Crippen LogP contribution in [-0.2, 0) is 21.7 Å². The number of hydrogen-bond acceptors (Lipinski definition) is 2. The van der Waals surface area contributed by atoms with E-state index in [1.54, 1.807) is 12.1 Å². The second kappa shape index (κ2) is 15.0. The van der Waals surface area contributed by atoms with Crippen molar-refractivity contribution in [1.82, 2.24) is 0 Å². The Labute approximate surface area is 307 Å². The van der Waals surface area contributed by atoms with Gasteiger partial charge in [-0.05, 0) is 79.6 Å². The molecule has 3 heteroatoms. The van der Waals surface area contributed by atoms with Crippen molar-refractivity contribution in [3.05, 3.63) is 194 Å². The number of benzene rings is 6. The van der Waals surface area contributed by atoms with Gasteiger partial charge < -0.3 is 10.2 Å². The summed E-state index contributed by atoms with van der Waals surface area (Å²) in [4.78, 5) is 0. The fourth-order valence-electron chi connectivity index (χ4n) is 6.37. The van der Waals surface area contributed by atoms with Crippen LogP contribution in [0.1, 0.15) is 38.8 Å². The standard InChI is InChI=1S/C26H20.C20H14O2.Ti/c1-17-13-21(14-18(17)2)23-9-5-7-11-25(23)26-12-8-6-10-24(26)22-15-19(3)20(4)16-22;21-17-11-9-13-5-1-3-7-15(13)19(17)20-16-8-4-2-6-14(16)10-12-18(20)22;/h5-12H,1-4H3;1-12,21-22H;. The molecule has 2 nitrogen and oxygen atoms in total. The molecule has 2 saturated carbocycles. The first-order valence-electron chi connectivity index (χ1n) is 16.1. The molecule has 0 aromatic heterocycles. The smallest absolute Gasteiger partial charge is 0.124 e. The average molecular weight is 667 g/mol. The van der Waals surface area contributed by atoms with Gasteiger partial charge >= 0.3 is 0 Å². The zero-order valence-corrected chi connectivity index (χ0v) is 29.5. The molecule has 0 bridgehead atoms. The fourth-order valence-corrected chi connectivity index (χ4v) is 6.37. The summed E-state index contributed by atoms with van der Waals surface area (Å²) in [6.45, 7) is 8.35. The summed E-state index contributed by atoms with van der Waals surface area (Å²) in [5.41, 5.74) is 6.06. The maximum absolute atomic E-state index is 10.4. The molecule has 0 spiro atoms. The van der Waals surface area contributed by atoms with Crippen LogP contribution < -0.4 is 0 Å². The van der Waals surface area contributed by atoms with Crippen LogP contribution >= 0.6 is 0 Å². The molecule has 49 heavy (non-hydrogen) atoms. The van der Waals surface area contributed by atoms with E-state index in [1.165, 1.54) is 11.1 Å². The Balaban J connectivity index is 0.000000169. The summed E-state index contributed by atoms with van der Waals surface area (Å²) >= 11 is 0. The third kappa shape index (κ3) is 6.96. The van der Waals surface area contributed by atoms with Gasteiger partial charge in [-0.3, -0.25) is 0 Å². The summed E-state index contributed by atoms with van der Waals surface area (Å²) < 4.78 is 0. The third-order valence-corrected chi connectivity index (χ3v) is 9.12. The van der Waals surface area contributed by atoms with E-state index in [1.807, 2.05) is 60.7 Å². The molecule has 0 amide bonds. The molecule has 0 aliphatic heterocycles. The van der Waals surface area contributed by atoms with E-state index < -0.39 is 0 Å².